The molecule has 0 aliphatic carbocycles. The molecule has 0 bridgehead atoms. The lowest BCUT2D eigenvalue weighted by Gasteiger charge is -2.16. The van der Waals surface area contributed by atoms with Crippen molar-refractivity contribution in [1.29, 1.82) is 0 Å². The maximum atomic E-state index is 11.8. The van der Waals surface area contributed by atoms with Crippen LogP contribution in [0.4, 0.5) is 0 Å². The van der Waals surface area contributed by atoms with E-state index < -0.39 is 16.0 Å². The number of hydrogen-bond acceptors (Lipinski definition) is 6. The number of amides is 1. The van der Waals surface area contributed by atoms with E-state index in [1.807, 2.05) is 0 Å². The van der Waals surface area contributed by atoms with E-state index in [4.69, 9.17) is 4.74 Å². The molecule has 0 spiro atoms. The molecule has 0 saturated heterocycles. The zero-order valence-electron chi connectivity index (χ0n) is 11.9. The van der Waals surface area contributed by atoms with Crippen molar-refractivity contribution in [1.82, 2.24) is 9.62 Å². The Hall–Kier alpha value is -1.45. The minimum atomic E-state index is -3.56. The van der Waals surface area contributed by atoms with Crippen LogP contribution in [0.5, 0.6) is 0 Å². The predicted octanol–water partition coefficient (Wildman–Crippen LogP) is 0.438. The van der Waals surface area contributed by atoms with Gasteiger partial charge in [-0.25, -0.2) is 13.1 Å². The molecule has 1 amide bonds. The van der Waals surface area contributed by atoms with Gasteiger partial charge in [0.2, 0.25) is 15.9 Å². The number of likely N-dealkylation sites (N-methyl/N-ethyl adjacent to an activating group) is 1. The van der Waals surface area contributed by atoms with Crippen molar-refractivity contribution in [2.75, 3.05) is 26.7 Å². The van der Waals surface area contributed by atoms with Gasteiger partial charge in [-0.2, -0.15) is 0 Å². The first-order valence-electron chi connectivity index (χ1n) is 6.29. The molecule has 1 rings (SSSR count). The predicted molar refractivity (Wildman–Crippen MR) is 78.4 cm³/mol. The van der Waals surface area contributed by atoms with Crippen molar-refractivity contribution in [2.45, 2.75) is 17.6 Å². The van der Waals surface area contributed by atoms with E-state index in [1.54, 1.807) is 18.4 Å². The van der Waals surface area contributed by atoms with Crippen molar-refractivity contribution in [3.63, 3.8) is 0 Å². The van der Waals surface area contributed by atoms with E-state index in [9.17, 15) is 18.0 Å². The summed E-state index contributed by atoms with van der Waals surface area (Å²) in [6, 6.07) is 3.12. The highest BCUT2D eigenvalue weighted by atomic mass is 32.2. The summed E-state index contributed by atoms with van der Waals surface area (Å²) in [7, 11) is -2.10. The molecule has 0 aromatic carbocycles. The van der Waals surface area contributed by atoms with Crippen LogP contribution in [-0.2, 0) is 24.3 Å². The van der Waals surface area contributed by atoms with Crippen LogP contribution < -0.4 is 4.72 Å². The molecule has 118 valence electrons. The lowest BCUT2D eigenvalue weighted by molar-refractivity contribution is -0.148. The highest BCUT2D eigenvalue weighted by Gasteiger charge is 2.17. The fourth-order valence-electron chi connectivity index (χ4n) is 1.46. The molecule has 7 nitrogen and oxygen atoms in total. The summed E-state index contributed by atoms with van der Waals surface area (Å²) in [5.41, 5.74) is 0. The lowest BCUT2D eigenvalue weighted by Crippen LogP contribution is -2.35. The SMILES string of the molecule is CCOC(=O)CN(C)C(=O)CCNS(=O)(=O)c1cccs1. The molecule has 1 heterocycles. The summed E-state index contributed by atoms with van der Waals surface area (Å²) in [6.07, 6.45) is -0.0273. The second kappa shape index (κ2) is 8.11. The summed E-state index contributed by atoms with van der Waals surface area (Å²) < 4.78 is 30.9. The first kappa shape index (κ1) is 17.6. The Morgan fingerprint density at radius 2 is 2.14 bits per heavy atom. The molecule has 1 N–H and O–H groups in total. The van der Waals surface area contributed by atoms with Crippen molar-refractivity contribution < 1.29 is 22.7 Å². The molecule has 9 heteroatoms. The van der Waals surface area contributed by atoms with Gasteiger partial charge < -0.3 is 9.64 Å². The standard InChI is InChI=1S/C12H18N2O5S2/c1-3-19-11(16)9-14(2)10(15)6-7-13-21(17,18)12-5-4-8-20-12/h4-5,8,13H,3,6-7,9H2,1-2H3. The summed E-state index contributed by atoms with van der Waals surface area (Å²) in [4.78, 5) is 24.2. The average Bonchev–Trinajstić information content (AvgIpc) is 2.93. The Morgan fingerprint density at radius 1 is 1.43 bits per heavy atom. The van der Waals surface area contributed by atoms with Crippen LogP contribution in [0.15, 0.2) is 21.7 Å². The quantitative estimate of drug-likeness (QED) is 0.696. The molecule has 0 radical (unpaired) electrons. The number of sulfonamides is 1. The number of ether oxygens (including phenoxy) is 1. The van der Waals surface area contributed by atoms with Gasteiger partial charge >= 0.3 is 5.97 Å². The number of carbonyl (C=O) groups is 2. The fraction of sp³-hybridized carbons (Fsp3) is 0.500. The number of thiophene rings is 1. The number of esters is 1. The number of rotatable bonds is 8. The van der Waals surface area contributed by atoms with Crippen LogP contribution in [-0.4, -0.2) is 51.9 Å². The average molecular weight is 334 g/mol. The smallest absolute Gasteiger partial charge is 0.325 e. The number of nitrogens with one attached hydrogen (secondary N) is 1. The van der Waals surface area contributed by atoms with E-state index in [-0.39, 0.29) is 36.2 Å². The van der Waals surface area contributed by atoms with Crippen LogP contribution in [0.25, 0.3) is 0 Å². The molecular weight excluding hydrogens is 316 g/mol. The van der Waals surface area contributed by atoms with Gasteiger partial charge in [0.25, 0.3) is 0 Å². The molecular formula is C12H18N2O5S2. The maximum Gasteiger partial charge on any atom is 0.325 e. The van der Waals surface area contributed by atoms with E-state index in [0.717, 1.165) is 11.3 Å². The van der Waals surface area contributed by atoms with Crippen LogP contribution in [0.1, 0.15) is 13.3 Å². The van der Waals surface area contributed by atoms with E-state index in [2.05, 4.69) is 4.72 Å². The minimum absolute atomic E-state index is 0.0216. The molecule has 1 aromatic heterocycles. The molecule has 0 saturated carbocycles. The van der Waals surface area contributed by atoms with Crippen molar-refractivity contribution in [2.24, 2.45) is 0 Å². The minimum Gasteiger partial charge on any atom is -0.465 e. The Labute approximate surface area is 127 Å². The third-order valence-electron chi connectivity index (χ3n) is 2.49. The first-order valence-corrected chi connectivity index (χ1v) is 8.66. The third kappa shape index (κ3) is 5.82. The van der Waals surface area contributed by atoms with Crippen molar-refractivity contribution in [3.05, 3.63) is 17.5 Å². The molecule has 0 aliphatic heterocycles. The molecule has 0 fully saturated rings. The highest BCUT2D eigenvalue weighted by Crippen LogP contribution is 2.14. The van der Waals surface area contributed by atoms with Crippen molar-refractivity contribution >= 4 is 33.2 Å². The fourth-order valence-corrected chi connectivity index (χ4v) is 3.53. The van der Waals surface area contributed by atoms with E-state index >= 15 is 0 Å². The summed E-state index contributed by atoms with van der Waals surface area (Å²) in [5.74, 6) is -0.829. The topological polar surface area (TPSA) is 92.8 Å². The zero-order valence-corrected chi connectivity index (χ0v) is 13.5. The van der Waals surface area contributed by atoms with E-state index in [1.165, 1.54) is 18.0 Å². The van der Waals surface area contributed by atoms with Crippen LogP contribution in [0.3, 0.4) is 0 Å². The van der Waals surface area contributed by atoms with Gasteiger partial charge in [0.15, 0.2) is 0 Å². The monoisotopic (exact) mass is 334 g/mol. The second-order valence-electron chi connectivity index (χ2n) is 4.13. The summed E-state index contributed by atoms with van der Waals surface area (Å²) in [6.45, 7) is 1.76. The molecule has 1 aromatic rings. The third-order valence-corrected chi connectivity index (χ3v) is 5.35. The zero-order chi connectivity index (χ0) is 15.9. The van der Waals surface area contributed by atoms with Gasteiger partial charge in [-0.05, 0) is 18.4 Å². The van der Waals surface area contributed by atoms with Crippen LogP contribution in [0.2, 0.25) is 0 Å². The number of hydrogen-bond donors (Lipinski definition) is 1. The van der Waals surface area contributed by atoms with Crippen LogP contribution in [0, 0.1) is 0 Å². The summed E-state index contributed by atoms with van der Waals surface area (Å²) in [5, 5.41) is 1.66. The van der Waals surface area contributed by atoms with Gasteiger partial charge in [-0.1, -0.05) is 6.07 Å². The Balaban J connectivity index is 2.38. The van der Waals surface area contributed by atoms with Gasteiger partial charge in [-0.15, -0.1) is 11.3 Å². The Kier molecular flexibility index (Phi) is 6.79. The normalized spacial score (nSPS) is 11.1. The molecule has 0 aliphatic rings. The largest absolute Gasteiger partial charge is 0.465 e. The summed E-state index contributed by atoms with van der Waals surface area (Å²) >= 11 is 1.10. The molecule has 0 atom stereocenters. The van der Waals surface area contributed by atoms with Gasteiger partial charge in [0.1, 0.15) is 10.8 Å². The maximum absolute atomic E-state index is 11.8. The lowest BCUT2D eigenvalue weighted by atomic mass is 10.4. The Morgan fingerprint density at radius 3 is 2.71 bits per heavy atom. The number of carbonyl (C=O) groups excluding carboxylic acids is 2. The number of nitrogens with zero attached hydrogens (tertiary/aromatic N) is 1. The molecule has 0 unspecified atom stereocenters. The Bertz CT molecular complexity index is 568. The van der Waals surface area contributed by atoms with Crippen LogP contribution >= 0.6 is 11.3 Å². The first-order chi connectivity index (χ1) is 9.86. The second-order valence-corrected chi connectivity index (χ2v) is 7.08. The van der Waals surface area contributed by atoms with Gasteiger partial charge in [0.05, 0.1) is 6.61 Å². The van der Waals surface area contributed by atoms with E-state index in [0.29, 0.717) is 0 Å². The molecule has 21 heavy (non-hydrogen) atoms. The van der Waals surface area contributed by atoms with Crippen molar-refractivity contribution in [3.8, 4) is 0 Å². The van der Waals surface area contributed by atoms with Gasteiger partial charge in [0, 0.05) is 20.0 Å². The highest BCUT2D eigenvalue weighted by molar-refractivity contribution is 7.91. The van der Waals surface area contributed by atoms with Gasteiger partial charge in [-0.3, -0.25) is 9.59 Å².